The Bertz CT molecular complexity index is 367. The number of nitrogens with zero attached hydrogens (tertiary/aromatic N) is 2. The summed E-state index contributed by atoms with van der Waals surface area (Å²) in [7, 11) is 1.77. The molecule has 3 N–H and O–H groups in total. The normalized spacial score (nSPS) is 11.9. The highest BCUT2D eigenvalue weighted by Gasteiger charge is 2.16. The molecule has 1 aromatic heterocycles. The van der Waals surface area contributed by atoms with Crippen LogP contribution in [0.5, 0.6) is 0 Å². The predicted molar refractivity (Wildman–Crippen MR) is 65.0 cm³/mol. The van der Waals surface area contributed by atoms with Crippen LogP contribution in [0.4, 0.5) is 11.5 Å². The standard InChI is InChI=1S/C11H18N4O/c1-4-15(3)11(16)8(2)14-10-9(12)6-5-7-13-10/h5-8H,4,12H2,1-3H3,(H,13,14). The molecule has 0 aliphatic heterocycles. The molecular weight excluding hydrogens is 204 g/mol. The molecule has 0 saturated heterocycles. The van der Waals surface area contributed by atoms with E-state index in [-0.39, 0.29) is 11.9 Å². The third kappa shape index (κ3) is 2.85. The van der Waals surface area contributed by atoms with Crippen LogP contribution in [-0.2, 0) is 4.79 Å². The number of nitrogens with one attached hydrogen (secondary N) is 1. The van der Waals surface area contributed by atoms with Crippen LogP contribution in [0, 0.1) is 0 Å². The number of hydrogen-bond donors (Lipinski definition) is 2. The van der Waals surface area contributed by atoms with Crippen molar-refractivity contribution in [3.63, 3.8) is 0 Å². The average molecular weight is 222 g/mol. The van der Waals surface area contributed by atoms with Crippen LogP contribution in [0.1, 0.15) is 13.8 Å². The third-order valence-corrected chi connectivity index (χ3v) is 2.41. The average Bonchev–Trinajstić information content (AvgIpc) is 2.30. The molecule has 0 spiro atoms. The van der Waals surface area contributed by atoms with Gasteiger partial charge in [0.15, 0.2) is 0 Å². The summed E-state index contributed by atoms with van der Waals surface area (Å²) in [5.74, 6) is 0.570. The Labute approximate surface area is 95.7 Å². The maximum absolute atomic E-state index is 11.8. The summed E-state index contributed by atoms with van der Waals surface area (Å²) in [4.78, 5) is 17.5. The molecule has 1 aromatic rings. The molecule has 1 rings (SSSR count). The van der Waals surface area contributed by atoms with Crippen molar-refractivity contribution in [2.75, 3.05) is 24.6 Å². The van der Waals surface area contributed by atoms with Gasteiger partial charge in [0.05, 0.1) is 5.69 Å². The van der Waals surface area contributed by atoms with Crippen LogP contribution < -0.4 is 11.1 Å². The zero-order valence-electron chi connectivity index (χ0n) is 9.90. The molecule has 5 heteroatoms. The fourth-order valence-corrected chi connectivity index (χ4v) is 1.29. The number of carbonyl (C=O) groups is 1. The fraction of sp³-hybridized carbons (Fsp3) is 0.455. The molecule has 0 aliphatic carbocycles. The van der Waals surface area contributed by atoms with Crippen LogP contribution in [-0.4, -0.2) is 35.4 Å². The van der Waals surface area contributed by atoms with Crippen molar-refractivity contribution in [2.45, 2.75) is 19.9 Å². The van der Waals surface area contributed by atoms with E-state index in [0.29, 0.717) is 18.1 Å². The van der Waals surface area contributed by atoms with Gasteiger partial charge in [-0.25, -0.2) is 4.98 Å². The van der Waals surface area contributed by atoms with Gasteiger partial charge in [0.1, 0.15) is 11.9 Å². The Morgan fingerprint density at radius 2 is 2.38 bits per heavy atom. The highest BCUT2D eigenvalue weighted by molar-refractivity contribution is 5.84. The lowest BCUT2D eigenvalue weighted by Crippen LogP contribution is -2.39. The second-order valence-electron chi connectivity index (χ2n) is 3.66. The molecule has 5 nitrogen and oxygen atoms in total. The molecule has 0 saturated carbocycles. The summed E-state index contributed by atoms with van der Waals surface area (Å²) in [5, 5.41) is 3.00. The first-order chi connectivity index (χ1) is 7.56. The van der Waals surface area contributed by atoms with Gasteiger partial charge >= 0.3 is 0 Å². The van der Waals surface area contributed by atoms with E-state index >= 15 is 0 Å². The van der Waals surface area contributed by atoms with Gasteiger partial charge in [0.2, 0.25) is 5.91 Å². The monoisotopic (exact) mass is 222 g/mol. The molecule has 1 atom stereocenters. The minimum Gasteiger partial charge on any atom is -0.396 e. The number of pyridine rings is 1. The summed E-state index contributed by atoms with van der Waals surface area (Å²) in [6, 6.07) is 3.17. The lowest BCUT2D eigenvalue weighted by atomic mass is 10.2. The Morgan fingerprint density at radius 1 is 1.69 bits per heavy atom. The molecule has 0 fully saturated rings. The quantitative estimate of drug-likeness (QED) is 0.795. The van der Waals surface area contributed by atoms with Crippen molar-refractivity contribution in [2.24, 2.45) is 0 Å². The van der Waals surface area contributed by atoms with E-state index in [9.17, 15) is 4.79 Å². The third-order valence-electron chi connectivity index (χ3n) is 2.41. The molecule has 1 unspecified atom stereocenters. The SMILES string of the molecule is CCN(C)C(=O)C(C)Nc1ncccc1N. The molecule has 1 heterocycles. The van der Waals surface area contributed by atoms with Gasteiger partial charge < -0.3 is 16.0 Å². The van der Waals surface area contributed by atoms with E-state index in [0.717, 1.165) is 0 Å². The topological polar surface area (TPSA) is 71.2 Å². The zero-order valence-corrected chi connectivity index (χ0v) is 9.90. The first-order valence-electron chi connectivity index (χ1n) is 5.28. The Kier molecular flexibility index (Phi) is 4.10. The largest absolute Gasteiger partial charge is 0.396 e. The number of amides is 1. The summed E-state index contributed by atoms with van der Waals surface area (Å²) < 4.78 is 0. The molecular formula is C11H18N4O. The maximum Gasteiger partial charge on any atom is 0.244 e. The molecule has 88 valence electrons. The minimum atomic E-state index is -0.331. The molecule has 0 radical (unpaired) electrons. The summed E-state index contributed by atoms with van der Waals surface area (Å²) in [6.07, 6.45) is 1.64. The lowest BCUT2D eigenvalue weighted by Gasteiger charge is -2.21. The van der Waals surface area contributed by atoms with E-state index in [1.54, 1.807) is 37.2 Å². The number of likely N-dealkylation sites (N-methyl/N-ethyl adjacent to an activating group) is 1. The number of carbonyl (C=O) groups excluding carboxylic acids is 1. The Hall–Kier alpha value is -1.78. The van der Waals surface area contributed by atoms with E-state index in [1.165, 1.54) is 0 Å². The van der Waals surface area contributed by atoms with Crippen LogP contribution >= 0.6 is 0 Å². The van der Waals surface area contributed by atoms with Gasteiger partial charge in [0.25, 0.3) is 0 Å². The highest BCUT2D eigenvalue weighted by atomic mass is 16.2. The predicted octanol–water partition coefficient (Wildman–Crippen LogP) is 0.942. The number of nitrogens with two attached hydrogens (primary N) is 1. The zero-order chi connectivity index (χ0) is 12.1. The Morgan fingerprint density at radius 3 is 2.94 bits per heavy atom. The van der Waals surface area contributed by atoms with E-state index in [1.807, 2.05) is 6.92 Å². The van der Waals surface area contributed by atoms with E-state index in [2.05, 4.69) is 10.3 Å². The van der Waals surface area contributed by atoms with Crippen molar-refractivity contribution >= 4 is 17.4 Å². The van der Waals surface area contributed by atoms with Crippen LogP contribution in [0.25, 0.3) is 0 Å². The van der Waals surface area contributed by atoms with E-state index < -0.39 is 0 Å². The van der Waals surface area contributed by atoms with Crippen LogP contribution in [0.2, 0.25) is 0 Å². The minimum absolute atomic E-state index is 0.0209. The second-order valence-corrected chi connectivity index (χ2v) is 3.66. The summed E-state index contributed by atoms with van der Waals surface area (Å²) >= 11 is 0. The molecule has 16 heavy (non-hydrogen) atoms. The van der Waals surface area contributed by atoms with Crippen molar-refractivity contribution in [3.05, 3.63) is 18.3 Å². The van der Waals surface area contributed by atoms with Gasteiger partial charge in [-0.05, 0) is 26.0 Å². The van der Waals surface area contributed by atoms with Crippen molar-refractivity contribution < 1.29 is 4.79 Å². The highest BCUT2D eigenvalue weighted by Crippen LogP contribution is 2.14. The smallest absolute Gasteiger partial charge is 0.244 e. The molecule has 0 aromatic carbocycles. The van der Waals surface area contributed by atoms with Crippen molar-refractivity contribution in [3.8, 4) is 0 Å². The van der Waals surface area contributed by atoms with Crippen molar-refractivity contribution in [1.82, 2.24) is 9.88 Å². The van der Waals surface area contributed by atoms with Crippen molar-refractivity contribution in [1.29, 1.82) is 0 Å². The molecule has 0 bridgehead atoms. The number of hydrogen-bond acceptors (Lipinski definition) is 4. The van der Waals surface area contributed by atoms with Gasteiger partial charge in [-0.15, -0.1) is 0 Å². The molecule has 1 amide bonds. The van der Waals surface area contributed by atoms with Gasteiger partial charge in [-0.2, -0.15) is 0 Å². The Balaban J connectivity index is 2.68. The van der Waals surface area contributed by atoms with Gasteiger partial charge in [-0.1, -0.05) is 0 Å². The first-order valence-corrected chi connectivity index (χ1v) is 5.28. The maximum atomic E-state index is 11.8. The summed E-state index contributed by atoms with van der Waals surface area (Å²) in [5.41, 5.74) is 6.27. The number of nitrogen functional groups attached to an aromatic ring is 1. The number of aromatic nitrogens is 1. The van der Waals surface area contributed by atoms with Gasteiger partial charge in [-0.3, -0.25) is 4.79 Å². The van der Waals surface area contributed by atoms with Gasteiger partial charge in [0, 0.05) is 19.8 Å². The number of anilines is 2. The van der Waals surface area contributed by atoms with Crippen LogP contribution in [0.3, 0.4) is 0 Å². The fourth-order valence-electron chi connectivity index (χ4n) is 1.29. The second kappa shape index (κ2) is 5.34. The first kappa shape index (κ1) is 12.3. The summed E-state index contributed by atoms with van der Waals surface area (Å²) in [6.45, 7) is 4.41. The molecule has 0 aliphatic rings. The number of rotatable bonds is 4. The van der Waals surface area contributed by atoms with E-state index in [4.69, 9.17) is 5.73 Å². The van der Waals surface area contributed by atoms with Crippen LogP contribution in [0.15, 0.2) is 18.3 Å². The lowest BCUT2D eigenvalue weighted by molar-refractivity contribution is -0.130.